The van der Waals surface area contributed by atoms with E-state index < -0.39 is 0 Å². The van der Waals surface area contributed by atoms with Gasteiger partial charge in [-0.05, 0) is 70.2 Å². The first-order valence-electron chi connectivity index (χ1n) is 10.8. The van der Waals surface area contributed by atoms with Gasteiger partial charge in [0.05, 0.1) is 0 Å². The lowest BCUT2D eigenvalue weighted by atomic mass is 9.57. The van der Waals surface area contributed by atoms with E-state index in [2.05, 4.69) is 67.5 Å². The average Bonchev–Trinajstić information content (AvgIpc) is 2.65. The van der Waals surface area contributed by atoms with Crippen molar-refractivity contribution < 1.29 is 10.2 Å². The van der Waals surface area contributed by atoms with E-state index in [4.69, 9.17) is 0 Å². The molecule has 0 saturated heterocycles. The Balaban J connectivity index is 2.53. The average molecular weight is 381 g/mol. The van der Waals surface area contributed by atoms with Gasteiger partial charge in [-0.2, -0.15) is 0 Å². The van der Waals surface area contributed by atoms with Crippen LogP contribution in [0.5, 0.6) is 11.5 Å². The second kappa shape index (κ2) is 6.83. The molecule has 2 nitrogen and oxygen atoms in total. The lowest BCUT2D eigenvalue weighted by Gasteiger charge is -2.47. The highest BCUT2D eigenvalue weighted by Crippen LogP contribution is 2.55. The van der Waals surface area contributed by atoms with Gasteiger partial charge >= 0.3 is 0 Å². The fourth-order valence-corrected chi connectivity index (χ4v) is 5.49. The van der Waals surface area contributed by atoms with Crippen LogP contribution in [0.1, 0.15) is 99.9 Å². The fraction of sp³-hybridized carbons (Fsp3) is 0.538. The molecule has 0 spiro atoms. The molecule has 3 rings (SSSR count). The Morgan fingerprint density at radius 2 is 0.964 bits per heavy atom. The van der Waals surface area contributed by atoms with Crippen LogP contribution >= 0.6 is 0 Å². The van der Waals surface area contributed by atoms with E-state index >= 15 is 0 Å². The highest BCUT2D eigenvalue weighted by molar-refractivity contribution is 5.68. The van der Waals surface area contributed by atoms with Gasteiger partial charge in [0.25, 0.3) is 0 Å². The molecule has 0 unspecified atom stereocenters. The minimum Gasteiger partial charge on any atom is -0.507 e. The second-order valence-electron chi connectivity index (χ2n) is 9.24. The smallest absolute Gasteiger partial charge is 0.122 e. The van der Waals surface area contributed by atoms with Crippen LogP contribution in [0, 0.1) is 0 Å². The van der Waals surface area contributed by atoms with Crippen LogP contribution in [0.3, 0.4) is 0 Å². The highest BCUT2D eigenvalue weighted by atomic mass is 16.3. The van der Waals surface area contributed by atoms with Gasteiger partial charge in [0.2, 0.25) is 0 Å². The largest absolute Gasteiger partial charge is 0.507 e. The maximum atomic E-state index is 11.0. The number of aromatic hydroxyl groups is 2. The van der Waals surface area contributed by atoms with Crippen LogP contribution in [-0.2, 0) is 36.5 Å². The summed E-state index contributed by atoms with van der Waals surface area (Å²) in [4.78, 5) is 0. The Bertz CT molecular complexity index is 859. The number of phenols is 2. The van der Waals surface area contributed by atoms with Crippen LogP contribution in [0.2, 0.25) is 0 Å². The van der Waals surface area contributed by atoms with Crippen molar-refractivity contribution in [3.05, 3.63) is 56.6 Å². The molecular weight excluding hydrogens is 344 g/mol. The van der Waals surface area contributed by atoms with E-state index in [-0.39, 0.29) is 10.8 Å². The number of aryl methyl sites for hydroxylation is 2. The maximum Gasteiger partial charge on any atom is 0.122 e. The van der Waals surface area contributed by atoms with Crippen LogP contribution in [0.25, 0.3) is 0 Å². The van der Waals surface area contributed by atoms with Gasteiger partial charge in [-0.1, -0.05) is 67.5 Å². The third kappa shape index (κ3) is 2.60. The van der Waals surface area contributed by atoms with Gasteiger partial charge in [-0.3, -0.25) is 0 Å². The van der Waals surface area contributed by atoms with Crippen molar-refractivity contribution in [1.82, 2.24) is 0 Å². The number of phenolic OH excluding ortho intramolecular Hbond substituents is 2. The van der Waals surface area contributed by atoms with E-state index in [1.807, 2.05) is 0 Å². The monoisotopic (exact) mass is 380 g/mol. The first kappa shape index (κ1) is 20.8. The Morgan fingerprint density at radius 3 is 1.25 bits per heavy atom. The summed E-state index contributed by atoms with van der Waals surface area (Å²) in [5, 5.41) is 22.0. The molecule has 28 heavy (non-hydrogen) atoms. The Labute approximate surface area is 170 Å². The zero-order valence-electron chi connectivity index (χ0n) is 18.9. The zero-order valence-corrected chi connectivity index (χ0v) is 18.9. The topological polar surface area (TPSA) is 40.5 Å². The van der Waals surface area contributed by atoms with Crippen LogP contribution in [0.15, 0.2) is 12.1 Å². The predicted molar refractivity (Wildman–Crippen MR) is 118 cm³/mol. The lowest BCUT2D eigenvalue weighted by molar-refractivity contribution is 0.440. The van der Waals surface area contributed by atoms with Gasteiger partial charge in [0, 0.05) is 10.8 Å². The maximum absolute atomic E-state index is 11.0. The van der Waals surface area contributed by atoms with Gasteiger partial charge in [0.1, 0.15) is 11.5 Å². The Kier molecular flexibility index (Phi) is 5.06. The summed E-state index contributed by atoms with van der Waals surface area (Å²) in [6, 6.07) is 4.47. The van der Waals surface area contributed by atoms with E-state index in [0.29, 0.717) is 11.5 Å². The molecule has 152 valence electrons. The molecule has 0 fully saturated rings. The Hall–Kier alpha value is -1.96. The van der Waals surface area contributed by atoms with Crippen LogP contribution < -0.4 is 0 Å². The molecule has 0 atom stereocenters. The quantitative estimate of drug-likeness (QED) is 0.652. The second-order valence-corrected chi connectivity index (χ2v) is 9.24. The first-order valence-corrected chi connectivity index (χ1v) is 10.8. The van der Waals surface area contributed by atoms with E-state index in [9.17, 15) is 10.2 Å². The summed E-state index contributed by atoms with van der Waals surface area (Å²) in [7, 11) is 0. The van der Waals surface area contributed by atoms with Crippen molar-refractivity contribution in [3.63, 3.8) is 0 Å². The summed E-state index contributed by atoms with van der Waals surface area (Å²) in [5.74, 6) is 0.923. The van der Waals surface area contributed by atoms with Gasteiger partial charge in [0.15, 0.2) is 0 Å². The number of hydrogen-bond acceptors (Lipinski definition) is 2. The number of hydrogen-bond donors (Lipinski definition) is 2. The van der Waals surface area contributed by atoms with Crippen molar-refractivity contribution in [3.8, 4) is 11.5 Å². The fourth-order valence-electron chi connectivity index (χ4n) is 5.49. The molecule has 0 saturated carbocycles. The van der Waals surface area contributed by atoms with Gasteiger partial charge < -0.3 is 10.2 Å². The molecule has 1 aliphatic rings. The van der Waals surface area contributed by atoms with Crippen molar-refractivity contribution in [1.29, 1.82) is 0 Å². The molecule has 0 heterocycles. The SMILES string of the molecule is CCc1cc2c(c(CC)c1O)C(C)(C)c1c(cc(CC)c(O)c1CC)C2(C)C. The summed E-state index contributed by atoms with van der Waals surface area (Å²) >= 11 is 0. The molecular formula is C26H36O2. The summed E-state index contributed by atoms with van der Waals surface area (Å²) < 4.78 is 0. The van der Waals surface area contributed by atoms with Gasteiger partial charge in [-0.25, -0.2) is 0 Å². The van der Waals surface area contributed by atoms with E-state index in [1.165, 1.54) is 22.3 Å². The van der Waals surface area contributed by atoms with Gasteiger partial charge in [-0.15, -0.1) is 0 Å². The minimum atomic E-state index is -0.273. The standard InChI is InChI=1S/C26H36O2/c1-9-15-13-19-21(17(11-3)23(15)27)26(7,8)22-18(12-4)24(28)16(10-2)14-20(22)25(19,5)6/h13-14,27-28H,9-12H2,1-8H3. The molecule has 0 aliphatic heterocycles. The highest BCUT2D eigenvalue weighted by Gasteiger charge is 2.45. The molecule has 2 aromatic carbocycles. The third-order valence-corrected chi connectivity index (χ3v) is 7.02. The van der Waals surface area contributed by atoms with E-state index in [1.54, 1.807) is 0 Å². The number of fused-ring (bicyclic) bond motifs is 2. The lowest BCUT2D eigenvalue weighted by Crippen LogP contribution is -2.39. The van der Waals surface area contributed by atoms with Crippen molar-refractivity contribution in [2.24, 2.45) is 0 Å². The molecule has 0 aromatic heterocycles. The minimum absolute atomic E-state index is 0.177. The van der Waals surface area contributed by atoms with E-state index in [0.717, 1.165) is 47.9 Å². The summed E-state index contributed by atoms with van der Waals surface area (Å²) in [5.41, 5.74) is 8.91. The summed E-state index contributed by atoms with van der Waals surface area (Å²) in [6.07, 6.45) is 3.26. The Morgan fingerprint density at radius 1 is 0.607 bits per heavy atom. The number of benzene rings is 2. The normalized spacial score (nSPS) is 16.6. The van der Waals surface area contributed by atoms with Crippen molar-refractivity contribution >= 4 is 0 Å². The first-order chi connectivity index (χ1) is 13.1. The molecule has 1 aliphatic carbocycles. The van der Waals surface area contributed by atoms with Crippen LogP contribution in [-0.4, -0.2) is 10.2 Å². The molecule has 0 radical (unpaired) electrons. The predicted octanol–water partition coefficient (Wildman–Crippen LogP) is 6.31. The molecule has 2 heteroatoms. The molecule has 0 amide bonds. The molecule has 0 bridgehead atoms. The molecule has 2 aromatic rings. The summed E-state index contributed by atoms with van der Waals surface area (Å²) in [6.45, 7) is 17.6. The van der Waals surface area contributed by atoms with Crippen molar-refractivity contribution in [2.45, 2.75) is 91.9 Å². The zero-order chi connectivity index (χ0) is 21.0. The molecule has 2 N–H and O–H groups in total. The third-order valence-electron chi connectivity index (χ3n) is 7.02. The van der Waals surface area contributed by atoms with Crippen LogP contribution in [0.4, 0.5) is 0 Å². The number of rotatable bonds is 4. The van der Waals surface area contributed by atoms with Crippen molar-refractivity contribution in [2.75, 3.05) is 0 Å².